The van der Waals surface area contributed by atoms with Gasteiger partial charge in [-0.2, -0.15) is 5.10 Å². The van der Waals surface area contributed by atoms with Crippen molar-refractivity contribution >= 4 is 17.6 Å². The third-order valence-electron chi connectivity index (χ3n) is 3.88. The van der Waals surface area contributed by atoms with Gasteiger partial charge in [-0.15, -0.1) is 0 Å². The monoisotopic (exact) mass is 314 g/mol. The smallest absolute Gasteiger partial charge is 0.142 e. The van der Waals surface area contributed by atoms with Gasteiger partial charge in [0.2, 0.25) is 0 Å². The predicted octanol–water partition coefficient (Wildman–Crippen LogP) is 2.88. The molecule has 0 spiro atoms. The Morgan fingerprint density at radius 2 is 2.22 bits per heavy atom. The van der Waals surface area contributed by atoms with Crippen LogP contribution in [0.1, 0.15) is 18.4 Å². The van der Waals surface area contributed by atoms with E-state index in [1.165, 1.54) is 5.56 Å². The highest BCUT2D eigenvalue weighted by molar-refractivity contribution is 5.71. The van der Waals surface area contributed by atoms with E-state index in [1.54, 1.807) is 5.01 Å². The highest BCUT2D eigenvalue weighted by atomic mass is 16.3. The van der Waals surface area contributed by atoms with E-state index in [2.05, 4.69) is 22.4 Å². The van der Waals surface area contributed by atoms with Gasteiger partial charge >= 0.3 is 0 Å². The van der Waals surface area contributed by atoms with E-state index in [0.29, 0.717) is 0 Å². The van der Waals surface area contributed by atoms with Crippen LogP contribution in [-0.2, 0) is 6.42 Å². The Kier molecular flexibility index (Phi) is 6.09. The molecule has 2 N–H and O–H groups in total. The molecule has 0 saturated heterocycles. The minimum Gasteiger partial charge on any atom is -0.506 e. The predicted molar refractivity (Wildman–Crippen MR) is 98.5 cm³/mol. The number of anilines is 2. The van der Waals surface area contributed by atoms with Crippen LogP contribution < -0.4 is 15.2 Å². The minimum absolute atomic E-state index is 0.268. The number of nitrogens with zero attached hydrogens (tertiary/aromatic N) is 3. The summed E-state index contributed by atoms with van der Waals surface area (Å²) in [5.41, 5.74) is 3.13. The largest absolute Gasteiger partial charge is 0.506 e. The summed E-state index contributed by atoms with van der Waals surface area (Å²) in [6.45, 7) is 1.04. The molecule has 1 aliphatic heterocycles. The molecule has 23 heavy (non-hydrogen) atoms. The number of phenols is 1. The van der Waals surface area contributed by atoms with Crippen LogP contribution in [0.15, 0.2) is 41.7 Å². The van der Waals surface area contributed by atoms with Gasteiger partial charge in [-0.3, -0.25) is 5.01 Å². The Hall–Kier alpha value is -2.43. The third kappa shape index (κ3) is 4.52. The maximum absolute atomic E-state index is 10.3. The van der Waals surface area contributed by atoms with E-state index in [-0.39, 0.29) is 5.75 Å². The lowest BCUT2D eigenvalue weighted by Crippen LogP contribution is -2.25. The number of allylic oxidation sites excluding steroid dienone is 3. The first-order valence-corrected chi connectivity index (χ1v) is 7.95. The molecule has 1 aliphatic rings. The molecule has 0 aromatic heterocycles. The Balaban J connectivity index is 2.03. The average Bonchev–Trinajstić information content (AvgIpc) is 2.54. The van der Waals surface area contributed by atoms with Gasteiger partial charge in [-0.25, -0.2) is 0 Å². The van der Waals surface area contributed by atoms with E-state index < -0.39 is 0 Å². The fourth-order valence-corrected chi connectivity index (χ4v) is 2.65. The summed E-state index contributed by atoms with van der Waals surface area (Å²) < 4.78 is 0. The zero-order valence-electron chi connectivity index (χ0n) is 14.2. The summed E-state index contributed by atoms with van der Waals surface area (Å²) in [6.07, 6.45) is 12.5. The highest BCUT2D eigenvalue weighted by Crippen LogP contribution is 2.36. The molecule has 5 heteroatoms. The first-order valence-electron chi connectivity index (χ1n) is 7.95. The number of rotatable bonds is 6. The molecule has 0 atom stereocenters. The topological polar surface area (TPSA) is 51.1 Å². The van der Waals surface area contributed by atoms with Crippen molar-refractivity contribution in [2.24, 2.45) is 5.10 Å². The second-order valence-electron chi connectivity index (χ2n) is 5.63. The molecular weight excluding hydrogens is 288 g/mol. The third-order valence-corrected chi connectivity index (χ3v) is 3.88. The van der Waals surface area contributed by atoms with Crippen molar-refractivity contribution in [3.63, 3.8) is 0 Å². The van der Waals surface area contributed by atoms with Gasteiger partial charge in [0.05, 0.1) is 0 Å². The van der Waals surface area contributed by atoms with Crippen molar-refractivity contribution in [3.8, 4) is 5.75 Å². The molecule has 1 aromatic carbocycles. The van der Waals surface area contributed by atoms with Crippen molar-refractivity contribution in [3.05, 3.63) is 42.1 Å². The molecule has 5 nitrogen and oxygen atoms in total. The lowest BCUT2D eigenvalue weighted by Gasteiger charge is -2.29. The lowest BCUT2D eigenvalue weighted by molar-refractivity contribution is 0.474. The second kappa shape index (κ2) is 8.27. The van der Waals surface area contributed by atoms with E-state index >= 15 is 0 Å². The lowest BCUT2D eigenvalue weighted by atomic mass is 10.0. The van der Waals surface area contributed by atoms with Crippen molar-refractivity contribution in [2.45, 2.75) is 19.3 Å². The fourth-order valence-electron chi connectivity index (χ4n) is 2.65. The van der Waals surface area contributed by atoms with Gasteiger partial charge in [-0.1, -0.05) is 12.2 Å². The van der Waals surface area contributed by atoms with E-state index in [0.717, 1.165) is 37.2 Å². The summed E-state index contributed by atoms with van der Waals surface area (Å²) in [6, 6.07) is 3.89. The van der Waals surface area contributed by atoms with Gasteiger partial charge in [0.1, 0.15) is 11.4 Å². The van der Waals surface area contributed by atoms with Gasteiger partial charge in [0.25, 0.3) is 0 Å². The van der Waals surface area contributed by atoms with Crippen LogP contribution in [0.5, 0.6) is 5.75 Å². The molecule has 0 amide bonds. The molecule has 1 heterocycles. The van der Waals surface area contributed by atoms with Crippen molar-refractivity contribution < 1.29 is 5.11 Å². The fraction of sp³-hybridized carbons (Fsp3) is 0.389. The quantitative estimate of drug-likeness (QED) is 0.482. The van der Waals surface area contributed by atoms with E-state index in [4.69, 9.17) is 0 Å². The van der Waals surface area contributed by atoms with Crippen LogP contribution in [0.25, 0.3) is 0 Å². The van der Waals surface area contributed by atoms with Gasteiger partial charge in [0, 0.05) is 52.1 Å². The van der Waals surface area contributed by atoms with Gasteiger partial charge < -0.3 is 15.3 Å². The zero-order valence-corrected chi connectivity index (χ0v) is 14.2. The van der Waals surface area contributed by atoms with Gasteiger partial charge in [0.15, 0.2) is 0 Å². The molecule has 0 aliphatic carbocycles. The van der Waals surface area contributed by atoms with Crippen LogP contribution in [0.3, 0.4) is 0 Å². The summed E-state index contributed by atoms with van der Waals surface area (Å²) in [5.74, 6) is 0.268. The number of hydrogen-bond donors (Lipinski definition) is 2. The summed E-state index contributed by atoms with van der Waals surface area (Å²) in [7, 11) is 5.78. The van der Waals surface area contributed by atoms with Crippen molar-refractivity contribution in [2.75, 3.05) is 37.6 Å². The van der Waals surface area contributed by atoms with Gasteiger partial charge in [-0.05, 0) is 36.7 Å². The first kappa shape index (κ1) is 16.9. The van der Waals surface area contributed by atoms with Crippen LogP contribution in [0, 0.1) is 0 Å². The molecule has 0 unspecified atom stereocenters. The Labute approximate surface area is 138 Å². The maximum atomic E-state index is 10.3. The van der Waals surface area contributed by atoms with Crippen LogP contribution in [-0.4, -0.2) is 39.0 Å². The van der Waals surface area contributed by atoms with Crippen LogP contribution in [0.2, 0.25) is 0 Å². The zero-order chi connectivity index (χ0) is 16.7. The number of aryl methyl sites for hydroxylation is 1. The summed E-state index contributed by atoms with van der Waals surface area (Å²) in [4.78, 5) is 2.19. The Morgan fingerprint density at radius 1 is 1.39 bits per heavy atom. The molecule has 124 valence electrons. The number of hydrogen-bond acceptors (Lipinski definition) is 5. The molecule has 1 aromatic rings. The minimum atomic E-state index is 0.268. The first-order chi connectivity index (χ1) is 11.1. The number of hydrazone groups is 1. The average molecular weight is 314 g/mol. The maximum Gasteiger partial charge on any atom is 0.142 e. The van der Waals surface area contributed by atoms with Crippen molar-refractivity contribution in [1.82, 2.24) is 5.32 Å². The molecular formula is C18H26N4O. The molecule has 0 saturated carbocycles. The van der Waals surface area contributed by atoms with Crippen molar-refractivity contribution in [1.29, 1.82) is 0 Å². The van der Waals surface area contributed by atoms with Crippen LogP contribution >= 0.6 is 0 Å². The summed E-state index contributed by atoms with van der Waals surface area (Å²) in [5, 5.41) is 19.3. The Bertz CT molecular complexity index is 607. The molecule has 0 fully saturated rings. The SMILES string of the molecule is CN/C=C\C=C/C/C=N/N(C)c1cc2c(cc1O)N(C)CCC2. The normalized spacial score (nSPS) is 14.8. The molecule has 0 radical (unpaired) electrons. The van der Waals surface area contributed by atoms with E-state index in [1.807, 2.05) is 56.9 Å². The summed E-state index contributed by atoms with van der Waals surface area (Å²) >= 11 is 0. The number of fused-ring (bicyclic) bond motifs is 1. The standard InChI is InChI=1S/C18H26N4O/c1-19-10-6-4-5-7-11-20-22(3)17-13-15-9-8-12-21(2)16(15)14-18(17)23/h4-6,10-11,13-14,19,23H,7-9,12H2,1-3H3/b5-4-,10-6-,20-11+. The number of phenolic OH excluding ortho intramolecular Hbond substituents is 1. The number of aromatic hydroxyl groups is 1. The molecule has 0 bridgehead atoms. The second-order valence-corrected chi connectivity index (χ2v) is 5.63. The van der Waals surface area contributed by atoms with Crippen LogP contribution in [0.4, 0.5) is 11.4 Å². The Morgan fingerprint density at radius 3 is 3.00 bits per heavy atom. The van der Waals surface area contributed by atoms with E-state index in [9.17, 15) is 5.11 Å². The number of nitrogens with one attached hydrogen (secondary N) is 1. The number of benzene rings is 1. The highest BCUT2D eigenvalue weighted by Gasteiger charge is 2.17. The molecule has 2 rings (SSSR count).